The van der Waals surface area contributed by atoms with Gasteiger partial charge < -0.3 is 10.2 Å². The van der Waals surface area contributed by atoms with Gasteiger partial charge in [0.25, 0.3) is 15.9 Å². The minimum absolute atomic E-state index is 0. The van der Waals surface area contributed by atoms with E-state index in [2.05, 4.69) is 21.8 Å². The summed E-state index contributed by atoms with van der Waals surface area (Å²) in [5.41, 5.74) is 9.76. The molecule has 3 N–H and O–H groups in total. The van der Waals surface area contributed by atoms with E-state index in [1.165, 1.54) is 18.2 Å². The Morgan fingerprint density at radius 3 is 2.31 bits per heavy atom. The molecule has 1 heterocycles. The zero-order valence-corrected chi connectivity index (χ0v) is 20.1. The average Bonchev–Trinajstić information content (AvgIpc) is 3.09. The summed E-state index contributed by atoms with van der Waals surface area (Å²) in [7, 11) is -4.13. The lowest BCUT2D eigenvalue weighted by molar-refractivity contribution is 0.0975. The number of amides is 1. The molecule has 7 nitrogen and oxygen atoms in total. The van der Waals surface area contributed by atoms with E-state index in [0.29, 0.717) is 18.1 Å². The maximum absolute atomic E-state index is 13.0. The fourth-order valence-electron chi connectivity index (χ4n) is 3.53. The van der Waals surface area contributed by atoms with Gasteiger partial charge in [0.05, 0.1) is 4.90 Å². The summed E-state index contributed by atoms with van der Waals surface area (Å²) >= 11 is 0. The van der Waals surface area contributed by atoms with Crippen molar-refractivity contribution in [3.8, 4) is 0 Å². The average molecular weight is 460 g/mol. The molecule has 0 saturated carbocycles. The van der Waals surface area contributed by atoms with Crippen molar-refractivity contribution in [2.45, 2.75) is 58.3 Å². The van der Waals surface area contributed by atoms with Gasteiger partial charge in [-0.25, -0.2) is 18.1 Å². The van der Waals surface area contributed by atoms with E-state index in [1.54, 1.807) is 6.07 Å². The van der Waals surface area contributed by atoms with Crippen LogP contribution in [0.25, 0.3) is 0 Å². The summed E-state index contributed by atoms with van der Waals surface area (Å²) in [5, 5.41) is 0. The number of oxazole rings is 1. The molecule has 0 atom stereocenters. The fourth-order valence-corrected chi connectivity index (χ4v) is 4.54. The third-order valence-electron chi connectivity index (χ3n) is 5.13. The van der Waals surface area contributed by atoms with Gasteiger partial charge in [-0.3, -0.25) is 4.79 Å². The van der Waals surface area contributed by atoms with Crippen molar-refractivity contribution in [3.63, 3.8) is 0 Å². The number of nitrogens with two attached hydrogens (primary N) is 1. The van der Waals surface area contributed by atoms with E-state index in [4.69, 9.17) is 10.2 Å². The molecule has 8 heteroatoms. The second-order valence-corrected chi connectivity index (χ2v) is 10.8. The molecule has 32 heavy (non-hydrogen) atoms. The molecule has 0 aliphatic heterocycles. The van der Waals surface area contributed by atoms with Gasteiger partial charge in [0.15, 0.2) is 5.69 Å². The Labute approximate surface area is 192 Å². The molecule has 0 aliphatic rings. The summed E-state index contributed by atoms with van der Waals surface area (Å²) in [6.45, 7) is 11.8. The number of nitrogens with one attached hydrogen (secondary N) is 1. The maximum Gasteiger partial charge on any atom is 0.287 e. The van der Waals surface area contributed by atoms with E-state index in [1.807, 2.05) is 41.5 Å². The monoisotopic (exact) mass is 459 g/mol. The summed E-state index contributed by atoms with van der Waals surface area (Å²) in [6.07, 6.45) is 0.322. The van der Waals surface area contributed by atoms with Crippen LogP contribution in [0.3, 0.4) is 0 Å². The molecular weight excluding hydrogens is 426 g/mol. The molecule has 0 bridgehead atoms. The van der Waals surface area contributed by atoms with E-state index >= 15 is 0 Å². The highest BCUT2D eigenvalue weighted by Gasteiger charge is 2.29. The lowest BCUT2D eigenvalue weighted by Crippen LogP contribution is -2.31. The second kappa shape index (κ2) is 8.43. The van der Waals surface area contributed by atoms with Crippen LogP contribution >= 0.6 is 0 Å². The summed E-state index contributed by atoms with van der Waals surface area (Å²) in [4.78, 5) is 17.3. The Kier molecular flexibility index (Phi) is 6.20. The third-order valence-corrected chi connectivity index (χ3v) is 6.46. The van der Waals surface area contributed by atoms with Gasteiger partial charge in [-0.05, 0) is 55.7 Å². The summed E-state index contributed by atoms with van der Waals surface area (Å²) in [5.74, 6) is -0.157. The molecule has 0 radical (unpaired) electrons. The van der Waals surface area contributed by atoms with Gasteiger partial charge in [-0.1, -0.05) is 44.5 Å². The van der Waals surface area contributed by atoms with E-state index in [-0.39, 0.29) is 19.1 Å². The molecule has 2 aromatic carbocycles. The van der Waals surface area contributed by atoms with Crippen molar-refractivity contribution in [1.29, 1.82) is 0 Å². The van der Waals surface area contributed by atoms with Crippen LogP contribution in [0, 0.1) is 20.8 Å². The Morgan fingerprint density at radius 2 is 1.75 bits per heavy atom. The number of rotatable bonds is 5. The van der Waals surface area contributed by atoms with Gasteiger partial charge in [0.2, 0.25) is 5.89 Å². The molecule has 174 valence electrons. The normalized spacial score (nSPS) is 12.1. The number of hydrogen-bond donors (Lipinski definition) is 2. The number of aryl methyl sites for hydroxylation is 3. The van der Waals surface area contributed by atoms with Crippen molar-refractivity contribution >= 4 is 21.6 Å². The number of nitrogens with zero attached hydrogens (tertiary/aromatic N) is 1. The Bertz CT molecular complexity index is 1270. The summed E-state index contributed by atoms with van der Waals surface area (Å²) < 4.78 is 33.6. The number of hydrogen-bond acceptors (Lipinski definition) is 6. The number of carbonyl (C=O) groups is 1. The van der Waals surface area contributed by atoms with Gasteiger partial charge in [-0.2, -0.15) is 0 Å². The molecule has 3 aromatic rings. The zero-order chi connectivity index (χ0) is 23.8. The van der Waals surface area contributed by atoms with E-state index in [9.17, 15) is 13.2 Å². The first-order chi connectivity index (χ1) is 14.8. The quantitative estimate of drug-likeness (QED) is 0.535. The maximum atomic E-state index is 13.0. The molecular formula is C24H33N3O4S. The second-order valence-electron chi connectivity index (χ2n) is 9.10. The van der Waals surface area contributed by atoms with Gasteiger partial charge in [0.1, 0.15) is 5.76 Å². The highest BCUT2D eigenvalue weighted by atomic mass is 32.2. The van der Waals surface area contributed by atoms with Crippen molar-refractivity contribution in [2.75, 3.05) is 5.73 Å². The third kappa shape index (κ3) is 5.02. The fraction of sp³-hybridized carbons (Fsp3) is 0.333. The Morgan fingerprint density at radius 1 is 1.12 bits per heavy atom. The molecule has 0 aliphatic carbocycles. The number of carbonyl (C=O) groups excluding carboxylic acids is 1. The SMILES string of the molecule is Cc1cc(C)c(Cc2oc(C(C)(C)C)nc2C(=O)NS(=O)(=O)c2cccc(N)c2)c(C)c1.[HH].[HH]. The van der Waals surface area contributed by atoms with Crippen LogP contribution in [-0.4, -0.2) is 19.3 Å². The smallest absolute Gasteiger partial charge is 0.287 e. The Balaban J connectivity index is 0.00000289. The number of benzene rings is 2. The van der Waals surface area contributed by atoms with Crippen molar-refractivity contribution < 1.29 is 20.5 Å². The topological polar surface area (TPSA) is 115 Å². The van der Waals surface area contributed by atoms with Crippen LogP contribution in [0.4, 0.5) is 5.69 Å². The van der Waals surface area contributed by atoms with Crippen LogP contribution < -0.4 is 10.5 Å². The minimum Gasteiger partial charge on any atom is -0.444 e. The van der Waals surface area contributed by atoms with Crippen molar-refractivity contribution in [2.24, 2.45) is 0 Å². The molecule has 1 amide bonds. The van der Waals surface area contributed by atoms with Crippen LogP contribution in [-0.2, 0) is 21.9 Å². The number of anilines is 1. The van der Waals surface area contributed by atoms with Crippen LogP contribution in [0.1, 0.15) is 68.0 Å². The number of nitrogen functional groups attached to an aromatic ring is 1. The lowest BCUT2D eigenvalue weighted by Gasteiger charge is -2.13. The van der Waals surface area contributed by atoms with Crippen LogP contribution in [0.5, 0.6) is 0 Å². The predicted octanol–water partition coefficient (Wildman–Crippen LogP) is 4.68. The minimum atomic E-state index is -4.13. The Hall–Kier alpha value is -3.13. The predicted molar refractivity (Wildman–Crippen MR) is 128 cm³/mol. The largest absolute Gasteiger partial charge is 0.444 e. The zero-order valence-electron chi connectivity index (χ0n) is 19.2. The first-order valence-electron chi connectivity index (χ1n) is 10.3. The van der Waals surface area contributed by atoms with E-state index < -0.39 is 21.3 Å². The van der Waals surface area contributed by atoms with Crippen LogP contribution in [0.15, 0.2) is 45.7 Å². The molecule has 0 unspecified atom stereocenters. The number of sulfonamides is 1. The standard InChI is InChI=1S/C24H29N3O4S.2H2/c1-14-10-15(2)19(16(3)11-14)13-20-21(26-23(31-20)24(4,5)6)22(28)27-32(29,30)18-9-7-8-17(25)12-18;;/h7-12H,13,25H2,1-6H3,(H,27,28);2*1H. The van der Waals surface area contributed by atoms with E-state index in [0.717, 1.165) is 22.3 Å². The molecule has 0 saturated heterocycles. The lowest BCUT2D eigenvalue weighted by atomic mass is 9.96. The number of aromatic nitrogens is 1. The summed E-state index contributed by atoms with van der Waals surface area (Å²) in [6, 6.07) is 9.87. The van der Waals surface area contributed by atoms with Crippen LogP contribution in [0.2, 0.25) is 0 Å². The van der Waals surface area contributed by atoms with Gasteiger partial charge in [0, 0.05) is 20.4 Å². The van der Waals surface area contributed by atoms with Crippen molar-refractivity contribution in [1.82, 2.24) is 9.71 Å². The highest BCUT2D eigenvalue weighted by molar-refractivity contribution is 7.90. The molecule has 0 fully saturated rings. The van der Waals surface area contributed by atoms with Gasteiger partial charge >= 0.3 is 0 Å². The molecule has 0 spiro atoms. The first kappa shape index (κ1) is 23.5. The molecule has 3 rings (SSSR count). The first-order valence-corrected chi connectivity index (χ1v) is 11.8. The van der Waals surface area contributed by atoms with Gasteiger partial charge in [-0.15, -0.1) is 0 Å². The molecule has 1 aromatic heterocycles. The van der Waals surface area contributed by atoms with Crippen molar-refractivity contribution in [3.05, 3.63) is 76.0 Å². The highest BCUT2D eigenvalue weighted by Crippen LogP contribution is 2.28.